The van der Waals surface area contributed by atoms with Crippen LogP contribution in [0.5, 0.6) is 0 Å². The fourth-order valence-corrected chi connectivity index (χ4v) is 3.28. The van der Waals surface area contributed by atoms with Crippen LogP contribution in [0, 0.1) is 5.92 Å². The quantitative estimate of drug-likeness (QED) is 0.893. The average molecular weight is 258 g/mol. The first-order valence-corrected chi connectivity index (χ1v) is 7.26. The smallest absolute Gasteiger partial charge is 0.233 e. The topological polar surface area (TPSA) is 32.3 Å². The summed E-state index contributed by atoms with van der Waals surface area (Å²) in [7, 11) is 1.98. The molecule has 0 aromatic heterocycles. The lowest BCUT2D eigenvalue weighted by Gasteiger charge is -2.23. The van der Waals surface area contributed by atoms with Crippen LogP contribution in [0.25, 0.3) is 0 Å². The SMILES string of the molecule is CNCC1CCN(C(=O)C2(c3ccccc3)CC2)C1. The van der Waals surface area contributed by atoms with E-state index in [1.807, 2.05) is 25.2 Å². The molecule has 1 atom stereocenters. The number of hydrogen-bond donors (Lipinski definition) is 1. The van der Waals surface area contributed by atoms with Crippen molar-refractivity contribution in [1.82, 2.24) is 10.2 Å². The highest BCUT2D eigenvalue weighted by molar-refractivity contribution is 5.91. The Balaban J connectivity index is 1.71. The average Bonchev–Trinajstić information content (AvgIpc) is 3.14. The second-order valence-corrected chi connectivity index (χ2v) is 5.91. The van der Waals surface area contributed by atoms with Gasteiger partial charge >= 0.3 is 0 Å². The van der Waals surface area contributed by atoms with E-state index < -0.39 is 0 Å². The molecule has 3 nitrogen and oxygen atoms in total. The van der Waals surface area contributed by atoms with Crippen LogP contribution >= 0.6 is 0 Å². The van der Waals surface area contributed by atoms with Gasteiger partial charge in [0.15, 0.2) is 0 Å². The van der Waals surface area contributed by atoms with E-state index in [1.165, 1.54) is 5.56 Å². The number of carbonyl (C=O) groups is 1. The number of carbonyl (C=O) groups excluding carboxylic acids is 1. The summed E-state index contributed by atoms with van der Waals surface area (Å²) in [4.78, 5) is 14.9. The zero-order valence-electron chi connectivity index (χ0n) is 11.6. The molecule has 1 heterocycles. The van der Waals surface area contributed by atoms with Crippen LogP contribution in [0.15, 0.2) is 30.3 Å². The van der Waals surface area contributed by atoms with E-state index in [-0.39, 0.29) is 5.41 Å². The van der Waals surface area contributed by atoms with Crippen LogP contribution in [0.2, 0.25) is 0 Å². The summed E-state index contributed by atoms with van der Waals surface area (Å²) in [6, 6.07) is 10.3. The monoisotopic (exact) mass is 258 g/mol. The van der Waals surface area contributed by atoms with Gasteiger partial charge in [-0.1, -0.05) is 30.3 Å². The van der Waals surface area contributed by atoms with E-state index in [1.54, 1.807) is 0 Å². The highest BCUT2D eigenvalue weighted by Crippen LogP contribution is 2.50. The van der Waals surface area contributed by atoms with Crippen LogP contribution in [0.4, 0.5) is 0 Å². The first-order chi connectivity index (χ1) is 9.26. The van der Waals surface area contributed by atoms with E-state index in [9.17, 15) is 4.79 Å². The Bertz CT molecular complexity index is 453. The summed E-state index contributed by atoms with van der Waals surface area (Å²) in [5.74, 6) is 0.984. The van der Waals surface area contributed by atoms with E-state index in [4.69, 9.17) is 0 Å². The van der Waals surface area contributed by atoms with E-state index in [2.05, 4.69) is 22.3 Å². The van der Waals surface area contributed by atoms with Crippen molar-refractivity contribution in [2.75, 3.05) is 26.7 Å². The van der Waals surface area contributed by atoms with Crippen LogP contribution < -0.4 is 5.32 Å². The van der Waals surface area contributed by atoms with Gasteiger partial charge in [-0.15, -0.1) is 0 Å². The van der Waals surface area contributed by atoms with Gasteiger partial charge in [-0.2, -0.15) is 0 Å². The van der Waals surface area contributed by atoms with Crippen LogP contribution in [-0.2, 0) is 10.2 Å². The zero-order chi connectivity index (χ0) is 13.3. The molecule has 1 unspecified atom stereocenters. The summed E-state index contributed by atoms with van der Waals surface area (Å²) in [5.41, 5.74) is 1.02. The third kappa shape index (κ3) is 2.27. The zero-order valence-corrected chi connectivity index (χ0v) is 11.6. The lowest BCUT2D eigenvalue weighted by molar-refractivity contribution is -0.133. The molecule has 3 heteroatoms. The van der Waals surface area contributed by atoms with Crippen molar-refractivity contribution < 1.29 is 4.79 Å². The van der Waals surface area contributed by atoms with Gasteiger partial charge in [-0.3, -0.25) is 4.79 Å². The predicted octanol–water partition coefficient (Wildman–Crippen LogP) is 1.79. The summed E-state index contributed by atoms with van der Waals surface area (Å²) in [6.07, 6.45) is 3.17. The Morgan fingerprint density at radius 2 is 2.11 bits per heavy atom. The number of amides is 1. The third-order valence-corrected chi connectivity index (χ3v) is 4.55. The van der Waals surface area contributed by atoms with Gasteiger partial charge < -0.3 is 10.2 Å². The van der Waals surface area contributed by atoms with Gasteiger partial charge in [-0.05, 0) is 44.3 Å². The predicted molar refractivity (Wildman–Crippen MR) is 76.0 cm³/mol. The molecule has 102 valence electrons. The van der Waals surface area contributed by atoms with Gasteiger partial charge in [-0.25, -0.2) is 0 Å². The molecule has 2 fully saturated rings. The number of likely N-dealkylation sites (tertiary alicyclic amines) is 1. The van der Waals surface area contributed by atoms with Gasteiger partial charge in [0.05, 0.1) is 5.41 Å². The second-order valence-electron chi connectivity index (χ2n) is 5.91. The van der Waals surface area contributed by atoms with E-state index in [0.29, 0.717) is 11.8 Å². The van der Waals surface area contributed by atoms with Crippen molar-refractivity contribution in [3.63, 3.8) is 0 Å². The molecule has 1 aliphatic carbocycles. The summed E-state index contributed by atoms with van der Waals surface area (Å²) < 4.78 is 0. The molecule has 1 aliphatic heterocycles. The Labute approximate surface area is 115 Å². The summed E-state index contributed by atoms with van der Waals surface area (Å²) in [5, 5.41) is 3.22. The summed E-state index contributed by atoms with van der Waals surface area (Å²) in [6.45, 7) is 2.87. The molecule has 1 saturated carbocycles. The Hall–Kier alpha value is -1.35. The lowest BCUT2D eigenvalue weighted by atomic mass is 9.94. The van der Waals surface area contributed by atoms with Crippen LogP contribution in [0.3, 0.4) is 0 Å². The molecule has 1 aromatic rings. The fourth-order valence-electron chi connectivity index (χ4n) is 3.28. The van der Waals surface area contributed by atoms with Gasteiger partial charge in [0.25, 0.3) is 0 Å². The number of nitrogens with one attached hydrogen (secondary N) is 1. The van der Waals surface area contributed by atoms with Crippen LogP contribution in [0.1, 0.15) is 24.8 Å². The first-order valence-electron chi connectivity index (χ1n) is 7.26. The molecule has 3 rings (SSSR count). The molecule has 0 bridgehead atoms. The van der Waals surface area contributed by atoms with Crippen molar-refractivity contribution in [3.05, 3.63) is 35.9 Å². The molecule has 0 radical (unpaired) electrons. The lowest BCUT2D eigenvalue weighted by Crippen LogP contribution is -2.38. The van der Waals surface area contributed by atoms with Gasteiger partial charge in [0.1, 0.15) is 0 Å². The van der Waals surface area contributed by atoms with Crippen molar-refractivity contribution >= 4 is 5.91 Å². The van der Waals surface area contributed by atoms with Crippen molar-refractivity contribution in [3.8, 4) is 0 Å². The Morgan fingerprint density at radius 3 is 2.74 bits per heavy atom. The standard InChI is InChI=1S/C16H22N2O/c1-17-11-13-7-10-18(12-13)15(19)16(8-9-16)14-5-3-2-4-6-14/h2-6,13,17H,7-12H2,1H3. The molecule has 1 N–H and O–H groups in total. The van der Waals surface area contributed by atoms with Gasteiger partial charge in [0, 0.05) is 13.1 Å². The number of rotatable bonds is 4. The number of hydrogen-bond acceptors (Lipinski definition) is 2. The second kappa shape index (κ2) is 4.97. The Morgan fingerprint density at radius 1 is 1.37 bits per heavy atom. The molecular formula is C16H22N2O. The number of benzene rings is 1. The Kier molecular flexibility index (Phi) is 3.31. The van der Waals surface area contributed by atoms with Gasteiger partial charge in [0.2, 0.25) is 5.91 Å². The minimum Gasteiger partial charge on any atom is -0.342 e. The minimum absolute atomic E-state index is 0.185. The highest BCUT2D eigenvalue weighted by atomic mass is 16.2. The fraction of sp³-hybridized carbons (Fsp3) is 0.562. The normalized spacial score (nSPS) is 24.5. The molecule has 0 spiro atoms. The molecule has 19 heavy (non-hydrogen) atoms. The molecule has 2 aliphatic rings. The number of nitrogens with zero attached hydrogens (tertiary/aromatic N) is 1. The maximum Gasteiger partial charge on any atom is 0.233 e. The molecule has 1 saturated heterocycles. The maximum atomic E-state index is 12.8. The van der Waals surface area contributed by atoms with Crippen molar-refractivity contribution in [2.24, 2.45) is 5.92 Å². The molecular weight excluding hydrogens is 236 g/mol. The highest BCUT2D eigenvalue weighted by Gasteiger charge is 2.53. The third-order valence-electron chi connectivity index (χ3n) is 4.55. The molecule has 1 aromatic carbocycles. The van der Waals surface area contributed by atoms with Crippen molar-refractivity contribution in [2.45, 2.75) is 24.7 Å². The first kappa shape index (κ1) is 12.7. The van der Waals surface area contributed by atoms with E-state index in [0.717, 1.165) is 38.9 Å². The minimum atomic E-state index is -0.185. The van der Waals surface area contributed by atoms with E-state index >= 15 is 0 Å². The van der Waals surface area contributed by atoms with Crippen LogP contribution in [-0.4, -0.2) is 37.5 Å². The molecule has 1 amide bonds. The summed E-state index contributed by atoms with van der Waals surface area (Å²) >= 11 is 0. The van der Waals surface area contributed by atoms with Crippen molar-refractivity contribution in [1.29, 1.82) is 0 Å². The maximum absolute atomic E-state index is 12.8. The largest absolute Gasteiger partial charge is 0.342 e.